The molecule has 0 saturated carbocycles. The lowest BCUT2D eigenvalue weighted by molar-refractivity contribution is -0.132. The largest absolute Gasteiger partial charge is 0.470 e. The van der Waals surface area contributed by atoms with Crippen LogP contribution in [0.2, 0.25) is 0 Å². The summed E-state index contributed by atoms with van der Waals surface area (Å²) in [4.78, 5) is 3.05. The lowest BCUT2D eigenvalue weighted by atomic mass is 10.1. The van der Waals surface area contributed by atoms with Crippen molar-refractivity contribution in [3.8, 4) is 5.88 Å². The van der Waals surface area contributed by atoms with Gasteiger partial charge in [0.25, 0.3) is 0 Å². The standard InChI is InChI=1S/C13H15NO5/c15-6-9-12(11(16)13(17)18-9)19-10-5-7-3-1-2-4-8(7)14-10/h1-5,9,11-17H,6H2/t9-,11-,12-,13-/m1/s1. The number of fused-ring (bicyclic) bond motifs is 1. The molecule has 2 heterocycles. The molecule has 6 nitrogen and oxygen atoms in total. The van der Waals surface area contributed by atoms with Crippen LogP contribution < -0.4 is 4.74 Å². The second-order valence-electron chi connectivity index (χ2n) is 4.54. The number of nitrogens with one attached hydrogen (secondary N) is 1. The molecule has 0 spiro atoms. The van der Waals surface area contributed by atoms with Crippen LogP contribution in [0, 0.1) is 0 Å². The van der Waals surface area contributed by atoms with E-state index < -0.39 is 24.6 Å². The molecule has 0 aliphatic carbocycles. The molecule has 6 heteroatoms. The smallest absolute Gasteiger partial charge is 0.192 e. The summed E-state index contributed by atoms with van der Waals surface area (Å²) in [6, 6.07) is 9.44. The number of aliphatic hydroxyl groups excluding tert-OH is 3. The topological polar surface area (TPSA) is 94.9 Å². The summed E-state index contributed by atoms with van der Waals surface area (Å²) in [7, 11) is 0. The molecule has 19 heavy (non-hydrogen) atoms. The molecule has 3 rings (SSSR count). The van der Waals surface area contributed by atoms with Crippen LogP contribution in [-0.4, -0.2) is 51.5 Å². The minimum absolute atomic E-state index is 0.334. The van der Waals surface area contributed by atoms with E-state index >= 15 is 0 Å². The number of aromatic nitrogens is 1. The van der Waals surface area contributed by atoms with Gasteiger partial charge in [0.05, 0.1) is 6.61 Å². The fourth-order valence-corrected chi connectivity index (χ4v) is 2.27. The van der Waals surface area contributed by atoms with E-state index in [1.54, 1.807) is 6.07 Å². The molecular formula is C13H15NO5. The monoisotopic (exact) mass is 265 g/mol. The quantitative estimate of drug-likeness (QED) is 0.626. The van der Waals surface area contributed by atoms with Crippen molar-refractivity contribution in [2.45, 2.75) is 24.6 Å². The van der Waals surface area contributed by atoms with Gasteiger partial charge in [0, 0.05) is 17.0 Å². The Bertz CT molecular complexity index is 536. The van der Waals surface area contributed by atoms with Gasteiger partial charge in [0.2, 0.25) is 0 Å². The maximum Gasteiger partial charge on any atom is 0.192 e. The van der Waals surface area contributed by atoms with E-state index in [1.165, 1.54) is 0 Å². The summed E-state index contributed by atoms with van der Waals surface area (Å²) in [5, 5.41) is 29.3. The third kappa shape index (κ3) is 2.19. The second-order valence-corrected chi connectivity index (χ2v) is 4.54. The van der Waals surface area contributed by atoms with Crippen LogP contribution in [0.15, 0.2) is 30.3 Å². The maximum atomic E-state index is 9.77. The Morgan fingerprint density at radius 2 is 2.05 bits per heavy atom. The summed E-state index contributed by atoms with van der Waals surface area (Å²) in [6.07, 6.45) is -4.10. The van der Waals surface area contributed by atoms with Gasteiger partial charge in [0.1, 0.15) is 12.2 Å². The number of para-hydroxylation sites is 1. The van der Waals surface area contributed by atoms with E-state index in [0.717, 1.165) is 10.9 Å². The SMILES string of the molecule is OC[C@H]1O[C@@H](O)[C@H](O)[C@@H]1Oc1cc2ccccc2[nH]1. The van der Waals surface area contributed by atoms with Crippen LogP contribution in [0.4, 0.5) is 0 Å². The number of aliphatic hydroxyl groups is 3. The summed E-state index contributed by atoms with van der Waals surface area (Å²) >= 11 is 0. The number of rotatable bonds is 3. The molecule has 0 amide bonds. The number of ether oxygens (including phenoxy) is 2. The van der Waals surface area contributed by atoms with Gasteiger partial charge in [-0.3, -0.25) is 0 Å². The molecule has 102 valence electrons. The van der Waals surface area contributed by atoms with Crippen LogP contribution in [0.3, 0.4) is 0 Å². The molecule has 1 aliphatic heterocycles. The number of aromatic amines is 1. The van der Waals surface area contributed by atoms with Crippen molar-refractivity contribution in [3.05, 3.63) is 30.3 Å². The highest BCUT2D eigenvalue weighted by molar-refractivity contribution is 5.81. The predicted octanol–water partition coefficient (Wildman–Crippen LogP) is -0.0143. The minimum Gasteiger partial charge on any atom is -0.470 e. The van der Waals surface area contributed by atoms with Gasteiger partial charge < -0.3 is 29.8 Å². The van der Waals surface area contributed by atoms with Crippen LogP contribution >= 0.6 is 0 Å². The Morgan fingerprint density at radius 3 is 2.79 bits per heavy atom. The lowest BCUT2D eigenvalue weighted by Gasteiger charge is -2.18. The Balaban J connectivity index is 1.83. The molecular weight excluding hydrogens is 250 g/mol. The van der Waals surface area contributed by atoms with Crippen molar-refractivity contribution >= 4 is 10.9 Å². The van der Waals surface area contributed by atoms with E-state index in [4.69, 9.17) is 14.6 Å². The van der Waals surface area contributed by atoms with E-state index in [2.05, 4.69) is 4.98 Å². The Hall–Kier alpha value is -1.60. The molecule has 1 aliphatic rings. The Labute approximate surface area is 109 Å². The number of H-pyrrole nitrogens is 1. The van der Waals surface area contributed by atoms with E-state index in [-0.39, 0.29) is 6.61 Å². The van der Waals surface area contributed by atoms with Gasteiger partial charge in [-0.05, 0) is 6.07 Å². The molecule has 1 aromatic heterocycles. The van der Waals surface area contributed by atoms with Gasteiger partial charge in [-0.1, -0.05) is 18.2 Å². The molecule has 0 unspecified atom stereocenters. The number of benzene rings is 1. The zero-order valence-corrected chi connectivity index (χ0v) is 10.1. The van der Waals surface area contributed by atoms with Gasteiger partial charge in [-0.2, -0.15) is 0 Å². The van der Waals surface area contributed by atoms with E-state index in [0.29, 0.717) is 5.88 Å². The van der Waals surface area contributed by atoms with Gasteiger partial charge in [0.15, 0.2) is 18.3 Å². The normalized spacial score (nSPS) is 30.9. The molecule has 0 bridgehead atoms. The molecule has 4 N–H and O–H groups in total. The lowest BCUT2D eigenvalue weighted by Crippen LogP contribution is -2.39. The third-order valence-electron chi connectivity index (χ3n) is 3.26. The summed E-state index contributed by atoms with van der Waals surface area (Å²) in [5.41, 5.74) is 0.909. The highest BCUT2D eigenvalue weighted by Gasteiger charge is 2.44. The second kappa shape index (κ2) is 4.82. The first-order chi connectivity index (χ1) is 9.19. The van der Waals surface area contributed by atoms with Crippen molar-refractivity contribution < 1.29 is 24.8 Å². The maximum absolute atomic E-state index is 9.77. The summed E-state index contributed by atoms with van der Waals surface area (Å²) in [6.45, 7) is -0.334. The van der Waals surface area contributed by atoms with E-state index in [9.17, 15) is 10.2 Å². The van der Waals surface area contributed by atoms with Crippen molar-refractivity contribution in [1.29, 1.82) is 0 Å². The predicted molar refractivity (Wildman–Crippen MR) is 66.7 cm³/mol. The van der Waals surface area contributed by atoms with Crippen molar-refractivity contribution in [2.75, 3.05) is 6.61 Å². The molecule has 1 fully saturated rings. The fraction of sp³-hybridized carbons (Fsp3) is 0.385. The van der Waals surface area contributed by atoms with Crippen molar-refractivity contribution in [1.82, 2.24) is 4.98 Å². The number of hydrogen-bond donors (Lipinski definition) is 4. The minimum atomic E-state index is -1.34. The zero-order chi connectivity index (χ0) is 13.4. The van der Waals surface area contributed by atoms with Crippen molar-refractivity contribution in [2.24, 2.45) is 0 Å². The first-order valence-corrected chi connectivity index (χ1v) is 6.06. The Kier molecular flexibility index (Phi) is 3.16. The van der Waals surface area contributed by atoms with Crippen LogP contribution in [0.1, 0.15) is 0 Å². The van der Waals surface area contributed by atoms with Gasteiger partial charge in [-0.25, -0.2) is 0 Å². The van der Waals surface area contributed by atoms with Gasteiger partial charge >= 0.3 is 0 Å². The van der Waals surface area contributed by atoms with Crippen LogP contribution in [0.25, 0.3) is 10.9 Å². The molecule has 1 aromatic carbocycles. The average Bonchev–Trinajstić information content (AvgIpc) is 2.94. The van der Waals surface area contributed by atoms with Crippen LogP contribution in [0.5, 0.6) is 5.88 Å². The number of hydrogen-bond acceptors (Lipinski definition) is 5. The van der Waals surface area contributed by atoms with Gasteiger partial charge in [-0.15, -0.1) is 0 Å². The summed E-state index contributed by atoms with van der Waals surface area (Å²) < 4.78 is 10.6. The highest BCUT2D eigenvalue weighted by Crippen LogP contribution is 2.26. The fourth-order valence-electron chi connectivity index (χ4n) is 2.27. The van der Waals surface area contributed by atoms with Crippen molar-refractivity contribution in [3.63, 3.8) is 0 Å². The molecule has 4 atom stereocenters. The average molecular weight is 265 g/mol. The first kappa shape index (κ1) is 12.4. The molecule has 0 radical (unpaired) electrons. The zero-order valence-electron chi connectivity index (χ0n) is 10.1. The Morgan fingerprint density at radius 1 is 1.26 bits per heavy atom. The molecule has 1 saturated heterocycles. The first-order valence-electron chi connectivity index (χ1n) is 6.06. The van der Waals surface area contributed by atoms with E-state index in [1.807, 2.05) is 24.3 Å². The van der Waals surface area contributed by atoms with Crippen LogP contribution in [-0.2, 0) is 4.74 Å². The molecule has 2 aromatic rings. The highest BCUT2D eigenvalue weighted by atomic mass is 16.7. The third-order valence-corrected chi connectivity index (χ3v) is 3.26. The summed E-state index contributed by atoms with van der Waals surface area (Å²) in [5.74, 6) is 0.460.